The second-order valence-corrected chi connectivity index (χ2v) is 5.26. The minimum absolute atomic E-state index is 0.190. The first kappa shape index (κ1) is 17.3. The molecule has 2 rings (SSSR count). The third-order valence-corrected chi connectivity index (χ3v) is 3.16. The molecule has 0 aliphatic carbocycles. The normalized spacial score (nSPS) is 9.92. The first-order valence-electron chi connectivity index (χ1n) is 7.50. The molecule has 0 saturated heterocycles. The minimum atomic E-state index is -0.459. The van der Waals surface area contributed by atoms with Crippen LogP contribution in [0.1, 0.15) is 11.1 Å². The molecule has 0 spiro atoms. The smallest absolute Gasteiger partial charge is 0.276 e. The Balaban J connectivity index is 1.69. The van der Waals surface area contributed by atoms with Crippen LogP contribution in [-0.4, -0.2) is 25.0 Å². The second kappa shape index (κ2) is 8.57. The van der Waals surface area contributed by atoms with Crippen molar-refractivity contribution in [1.82, 2.24) is 10.9 Å². The Bertz CT molecular complexity index is 701. The van der Waals surface area contributed by atoms with Gasteiger partial charge in [0.25, 0.3) is 11.8 Å². The van der Waals surface area contributed by atoms with Crippen LogP contribution < -0.4 is 20.3 Å². The molecule has 0 fully saturated rings. The van der Waals surface area contributed by atoms with Crippen LogP contribution in [0.4, 0.5) is 0 Å². The molecule has 0 radical (unpaired) electrons. The van der Waals surface area contributed by atoms with Crippen molar-refractivity contribution in [1.29, 1.82) is 0 Å². The highest BCUT2D eigenvalue weighted by Gasteiger charge is 2.07. The zero-order valence-corrected chi connectivity index (χ0v) is 13.7. The van der Waals surface area contributed by atoms with E-state index in [1.807, 2.05) is 38.1 Å². The van der Waals surface area contributed by atoms with E-state index in [4.69, 9.17) is 9.47 Å². The van der Waals surface area contributed by atoms with Crippen LogP contribution in [-0.2, 0) is 9.59 Å². The van der Waals surface area contributed by atoms with E-state index >= 15 is 0 Å². The molecule has 2 aromatic carbocycles. The van der Waals surface area contributed by atoms with Gasteiger partial charge in [-0.1, -0.05) is 30.3 Å². The van der Waals surface area contributed by atoms with Crippen LogP contribution in [0.25, 0.3) is 0 Å². The summed E-state index contributed by atoms with van der Waals surface area (Å²) in [6.07, 6.45) is 0. The Morgan fingerprint density at radius 2 is 1.50 bits per heavy atom. The van der Waals surface area contributed by atoms with Crippen LogP contribution in [0.15, 0.2) is 48.5 Å². The summed E-state index contributed by atoms with van der Waals surface area (Å²) in [5, 5.41) is 0. The van der Waals surface area contributed by atoms with Gasteiger partial charge in [0.05, 0.1) is 0 Å². The van der Waals surface area contributed by atoms with Crippen molar-refractivity contribution in [2.75, 3.05) is 13.2 Å². The number of aryl methyl sites for hydroxylation is 2. The zero-order valence-electron chi connectivity index (χ0n) is 13.7. The highest BCUT2D eigenvalue weighted by atomic mass is 16.5. The highest BCUT2D eigenvalue weighted by molar-refractivity contribution is 5.83. The maximum atomic E-state index is 11.7. The summed E-state index contributed by atoms with van der Waals surface area (Å²) in [6, 6.07) is 14.7. The standard InChI is InChI=1S/C18H20N2O4/c1-13-8-9-14(2)16(10-13)24-12-18(22)20-19-17(21)11-23-15-6-4-3-5-7-15/h3-10H,11-12H2,1-2H3,(H,19,21)(H,20,22). The number of amides is 2. The van der Waals surface area contributed by atoms with Crippen LogP contribution in [0, 0.1) is 13.8 Å². The van der Waals surface area contributed by atoms with Crippen molar-refractivity contribution in [3.63, 3.8) is 0 Å². The SMILES string of the molecule is Cc1ccc(C)c(OCC(=O)NNC(=O)COc2ccccc2)c1. The van der Waals surface area contributed by atoms with Crippen LogP contribution in [0.3, 0.4) is 0 Å². The van der Waals surface area contributed by atoms with Crippen LogP contribution in [0.5, 0.6) is 11.5 Å². The van der Waals surface area contributed by atoms with E-state index < -0.39 is 11.8 Å². The van der Waals surface area contributed by atoms with Crippen LogP contribution >= 0.6 is 0 Å². The topological polar surface area (TPSA) is 76.7 Å². The molecule has 6 nitrogen and oxygen atoms in total. The molecule has 24 heavy (non-hydrogen) atoms. The summed E-state index contributed by atoms with van der Waals surface area (Å²) in [4.78, 5) is 23.3. The van der Waals surface area contributed by atoms with Crippen molar-refractivity contribution in [2.24, 2.45) is 0 Å². The summed E-state index contributed by atoms with van der Waals surface area (Å²) in [7, 11) is 0. The van der Waals surface area contributed by atoms with E-state index in [-0.39, 0.29) is 13.2 Å². The Labute approximate surface area is 140 Å². The quantitative estimate of drug-likeness (QED) is 0.794. The van der Waals surface area contributed by atoms with Gasteiger partial charge in [-0.25, -0.2) is 0 Å². The Hall–Kier alpha value is -3.02. The summed E-state index contributed by atoms with van der Waals surface area (Å²) < 4.78 is 10.7. The number of nitrogens with one attached hydrogen (secondary N) is 2. The molecule has 2 N–H and O–H groups in total. The third kappa shape index (κ3) is 5.64. The van der Waals surface area contributed by atoms with Crippen molar-refractivity contribution in [3.8, 4) is 11.5 Å². The molecule has 2 aromatic rings. The van der Waals surface area contributed by atoms with E-state index in [1.165, 1.54) is 0 Å². The number of rotatable bonds is 6. The van der Waals surface area contributed by atoms with Gasteiger partial charge in [0.15, 0.2) is 13.2 Å². The number of hydrazine groups is 1. The number of para-hydroxylation sites is 1. The van der Waals surface area contributed by atoms with Gasteiger partial charge in [-0.2, -0.15) is 0 Å². The summed E-state index contributed by atoms with van der Waals surface area (Å²) in [5.41, 5.74) is 6.53. The average Bonchev–Trinajstić information content (AvgIpc) is 2.59. The lowest BCUT2D eigenvalue weighted by molar-refractivity contribution is -0.131. The number of carbonyl (C=O) groups excluding carboxylic acids is 2. The summed E-state index contributed by atoms with van der Waals surface area (Å²) in [6.45, 7) is 3.46. The molecule has 6 heteroatoms. The molecule has 0 aliphatic heterocycles. The number of ether oxygens (including phenoxy) is 2. The van der Waals surface area contributed by atoms with E-state index in [2.05, 4.69) is 10.9 Å². The second-order valence-electron chi connectivity index (χ2n) is 5.26. The molecular formula is C18H20N2O4. The molecule has 126 valence electrons. The third-order valence-electron chi connectivity index (χ3n) is 3.16. The van der Waals surface area contributed by atoms with Crippen molar-refractivity contribution in [2.45, 2.75) is 13.8 Å². The first-order chi connectivity index (χ1) is 11.5. The maximum absolute atomic E-state index is 11.7. The molecule has 0 saturated carbocycles. The number of hydrogen-bond acceptors (Lipinski definition) is 4. The lowest BCUT2D eigenvalue weighted by Gasteiger charge is -2.11. The van der Waals surface area contributed by atoms with Gasteiger partial charge in [0.1, 0.15) is 11.5 Å². The van der Waals surface area contributed by atoms with Crippen LogP contribution in [0.2, 0.25) is 0 Å². The number of hydrogen-bond donors (Lipinski definition) is 2. The minimum Gasteiger partial charge on any atom is -0.484 e. The maximum Gasteiger partial charge on any atom is 0.276 e. The largest absolute Gasteiger partial charge is 0.484 e. The highest BCUT2D eigenvalue weighted by Crippen LogP contribution is 2.18. The molecule has 0 unspecified atom stereocenters. The molecule has 2 amide bonds. The van der Waals surface area contributed by atoms with Crippen molar-refractivity contribution in [3.05, 3.63) is 59.7 Å². The zero-order chi connectivity index (χ0) is 17.4. The summed E-state index contributed by atoms with van der Waals surface area (Å²) >= 11 is 0. The van der Waals surface area contributed by atoms with Gasteiger partial charge >= 0.3 is 0 Å². The fourth-order valence-electron chi connectivity index (χ4n) is 1.88. The molecule has 0 heterocycles. The molecule has 0 atom stereocenters. The lowest BCUT2D eigenvalue weighted by Crippen LogP contribution is -2.45. The Morgan fingerprint density at radius 3 is 2.17 bits per heavy atom. The van der Waals surface area contributed by atoms with Crippen molar-refractivity contribution < 1.29 is 19.1 Å². The van der Waals surface area contributed by atoms with E-state index in [0.29, 0.717) is 11.5 Å². The van der Waals surface area contributed by atoms with E-state index in [9.17, 15) is 9.59 Å². The van der Waals surface area contributed by atoms with Gasteiger partial charge in [-0.3, -0.25) is 20.4 Å². The molecule has 0 aromatic heterocycles. The van der Waals surface area contributed by atoms with E-state index in [1.54, 1.807) is 24.3 Å². The lowest BCUT2D eigenvalue weighted by atomic mass is 10.1. The van der Waals surface area contributed by atoms with Gasteiger partial charge in [0, 0.05) is 0 Å². The number of carbonyl (C=O) groups is 2. The van der Waals surface area contributed by atoms with Gasteiger partial charge < -0.3 is 9.47 Å². The van der Waals surface area contributed by atoms with Gasteiger partial charge in [-0.15, -0.1) is 0 Å². The van der Waals surface area contributed by atoms with Crippen molar-refractivity contribution >= 4 is 11.8 Å². The van der Waals surface area contributed by atoms with Gasteiger partial charge in [-0.05, 0) is 43.2 Å². The Morgan fingerprint density at radius 1 is 0.875 bits per heavy atom. The predicted molar refractivity (Wildman–Crippen MR) is 89.6 cm³/mol. The average molecular weight is 328 g/mol. The van der Waals surface area contributed by atoms with E-state index in [0.717, 1.165) is 11.1 Å². The predicted octanol–water partition coefficient (Wildman–Crippen LogP) is 1.91. The fraction of sp³-hybridized carbons (Fsp3) is 0.222. The molecule has 0 aliphatic rings. The first-order valence-corrected chi connectivity index (χ1v) is 7.50. The monoisotopic (exact) mass is 328 g/mol. The fourth-order valence-corrected chi connectivity index (χ4v) is 1.88. The molecular weight excluding hydrogens is 308 g/mol. The molecule has 0 bridgehead atoms. The van der Waals surface area contributed by atoms with Gasteiger partial charge in [0.2, 0.25) is 0 Å². The Kier molecular flexibility index (Phi) is 6.19. The summed E-state index contributed by atoms with van der Waals surface area (Å²) in [5.74, 6) is 0.309. The number of benzene rings is 2.